The molecular formula is C33H61ClN2O4. The first-order chi connectivity index (χ1) is 19.3. The van der Waals surface area contributed by atoms with Crippen LogP contribution in [-0.2, 0) is 20.9 Å². The molecule has 0 saturated carbocycles. The van der Waals surface area contributed by atoms with Gasteiger partial charge in [-0.1, -0.05) is 129 Å². The molecule has 1 rings (SSSR count). The number of nitrogens with one attached hydrogen (secondary N) is 1. The van der Waals surface area contributed by atoms with Crippen LogP contribution < -0.4 is 22.3 Å². The number of carbonyl (C=O) groups is 1. The van der Waals surface area contributed by atoms with Crippen LogP contribution in [0.3, 0.4) is 0 Å². The van der Waals surface area contributed by atoms with Crippen molar-refractivity contribution in [3.05, 3.63) is 30.1 Å². The molecule has 0 atom stereocenters. The maximum absolute atomic E-state index is 12.4. The van der Waals surface area contributed by atoms with E-state index < -0.39 is 0 Å². The van der Waals surface area contributed by atoms with E-state index in [0.717, 1.165) is 19.4 Å². The van der Waals surface area contributed by atoms with Crippen LogP contribution in [0, 0.1) is 0 Å². The van der Waals surface area contributed by atoms with E-state index in [2.05, 4.69) is 19.2 Å². The van der Waals surface area contributed by atoms with Gasteiger partial charge < -0.3 is 31.9 Å². The van der Waals surface area contributed by atoms with Gasteiger partial charge in [0, 0.05) is 12.7 Å². The fourth-order valence-corrected chi connectivity index (χ4v) is 4.67. The van der Waals surface area contributed by atoms with Crippen LogP contribution in [0.5, 0.6) is 0 Å². The van der Waals surface area contributed by atoms with Crippen LogP contribution in [0.4, 0.5) is 0 Å². The molecule has 0 aliphatic rings. The van der Waals surface area contributed by atoms with Crippen LogP contribution >= 0.6 is 0 Å². The van der Waals surface area contributed by atoms with Crippen LogP contribution in [0.1, 0.15) is 153 Å². The molecule has 0 aliphatic heterocycles. The summed E-state index contributed by atoms with van der Waals surface area (Å²) in [5, 5.41) is 2.79. The predicted molar refractivity (Wildman–Crippen MR) is 161 cm³/mol. The van der Waals surface area contributed by atoms with Crippen LogP contribution in [0.15, 0.2) is 24.5 Å². The van der Waals surface area contributed by atoms with E-state index >= 15 is 0 Å². The summed E-state index contributed by atoms with van der Waals surface area (Å²) in [7, 11) is 0. The minimum absolute atomic E-state index is 0. The first-order valence-corrected chi connectivity index (χ1v) is 16.3. The van der Waals surface area contributed by atoms with E-state index in [1.165, 1.54) is 116 Å². The molecule has 0 spiro atoms. The molecular weight excluding hydrogens is 524 g/mol. The Morgan fingerprint density at radius 2 is 1.15 bits per heavy atom. The molecule has 1 aromatic rings. The second kappa shape index (κ2) is 30.7. The minimum atomic E-state index is -0.159. The van der Waals surface area contributed by atoms with Crippen LogP contribution in [0.25, 0.3) is 0 Å². The van der Waals surface area contributed by atoms with Gasteiger partial charge in [-0.3, -0.25) is 4.79 Å². The van der Waals surface area contributed by atoms with Gasteiger partial charge in [0.25, 0.3) is 12.6 Å². The lowest BCUT2D eigenvalue weighted by Crippen LogP contribution is -3.00. The zero-order valence-corrected chi connectivity index (χ0v) is 26.7. The molecule has 1 heterocycles. The van der Waals surface area contributed by atoms with Crippen LogP contribution in [0.2, 0.25) is 0 Å². The molecule has 0 aromatic carbocycles. The molecule has 0 radical (unpaired) electrons. The number of halogens is 1. The number of hydrogen-bond acceptors (Lipinski definition) is 4. The second-order valence-corrected chi connectivity index (χ2v) is 10.9. The highest BCUT2D eigenvalue weighted by Gasteiger charge is 2.10. The molecule has 0 fully saturated rings. The largest absolute Gasteiger partial charge is 1.00 e. The van der Waals surface area contributed by atoms with E-state index in [1.54, 1.807) is 6.07 Å². The molecule has 1 aromatic heterocycles. The summed E-state index contributed by atoms with van der Waals surface area (Å²) in [6.07, 6.45) is 30.1. The summed E-state index contributed by atoms with van der Waals surface area (Å²) in [5.74, 6) is -0.159. The van der Waals surface area contributed by atoms with Gasteiger partial charge in [0.2, 0.25) is 0 Å². The topological polar surface area (TPSA) is 60.7 Å². The van der Waals surface area contributed by atoms with Gasteiger partial charge in [-0.25, -0.2) is 0 Å². The van der Waals surface area contributed by atoms with Gasteiger partial charge in [-0.2, -0.15) is 4.57 Å². The lowest BCUT2D eigenvalue weighted by Gasteiger charge is -2.08. The zero-order valence-electron chi connectivity index (χ0n) is 25.9. The van der Waals surface area contributed by atoms with Crippen molar-refractivity contribution < 1.29 is 36.0 Å². The maximum Gasteiger partial charge on any atom is 0.259 e. The number of hydrogen-bond donors (Lipinski definition) is 1. The summed E-state index contributed by atoms with van der Waals surface area (Å²) < 4.78 is 18.6. The summed E-state index contributed by atoms with van der Waals surface area (Å²) in [5.41, 5.74) is 0.593. The number of amides is 1. The quantitative estimate of drug-likeness (QED) is 0.0770. The Bertz CT molecular complexity index is 678. The average molecular weight is 585 g/mol. The third-order valence-electron chi connectivity index (χ3n) is 7.15. The second-order valence-electron chi connectivity index (χ2n) is 10.9. The van der Waals surface area contributed by atoms with Crippen molar-refractivity contribution in [2.75, 3.05) is 26.7 Å². The molecule has 7 heteroatoms. The molecule has 6 nitrogen and oxygen atoms in total. The smallest absolute Gasteiger partial charge is 0.259 e. The molecule has 0 aliphatic carbocycles. The Kier molecular flexibility index (Phi) is 29.8. The summed E-state index contributed by atoms with van der Waals surface area (Å²) in [6, 6.07) is 3.67. The number of rotatable bonds is 29. The van der Waals surface area contributed by atoms with Gasteiger partial charge in [-0.05, 0) is 18.9 Å². The Morgan fingerprint density at radius 1 is 0.675 bits per heavy atom. The fraction of sp³-hybridized carbons (Fsp3) is 0.818. The minimum Gasteiger partial charge on any atom is -1.00 e. The number of pyridine rings is 1. The zero-order chi connectivity index (χ0) is 28.1. The first-order valence-electron chi connectivity index (χ1n) is 16.3. The first kappa shape index (κ1) is 38.8. The highest BCUT2D eigenvalue weighted by molar-refractivity contribution is 5.93. The third-order valence-corrected chi connectivity index (χ3v) is 7.15. The molecule has 1 N–H and O–H groups in total. The monoisotopic (exact) mass is 584 g/mol. The highest BCUT2D eigenvalue weighted by atomic mass is 35.5. The summed E-state index contributed by atoms with van der Waals surface area (Å²) >= 11 is 0. The highest BCUT2D eigenvalue weighted by Crippen LogP contribution is 2.11. The normalized spacial score (nSPS) is 10.9. The Balaban J connectivity index is 0.0000152. The van der Waals surface area contributed by atoms with Gasteiger partial charge in [0.05, 0.1) is 6.61 Å². The van der Waals surface area contributed by atoms with Crippen molar-refractivity contribution in [2.45, 2.75) is 149 Å². The van der Waals surface area contributed by atoms with Gasteiger partial charge in [0.15, 0.2) is 12.4 Å². The van der Waals surface area contributed by atoms with E-state index in [9.17, 15) is 4.79 Å². The van der Waals surface area contributed by atoms with Crippen molar-refractivity contribution in [2.24, 2.45) is 0 Å². The third kappa shape index (κ3) is 24.6. The number of ether oxygens (including phenoxy) is 3. The van der Waals surface area contributed by atoms with E-state index in [0.29, 0.717) is 18.9 Å². The molecule has 0 bridgehead atoms. The number of nitrogens with zero attached hydrogens (tertiary/aromatic N) is 1. The fourth-order valence-electron chi connectivity index (χ4n) is 4.67. The Hall–Kier alpha value is -1.21. The van der Waals surface area contributed by atoms with E-state index in [-0.39, 0.29) is 31.8 Å². The van der Waals surface area contributed by atoms with Crippen molar-refractivity contribution in [3.63, 3.8) is 0 Å². The average Bonchev–Trinajstić information content (AvgIpc) is 2.95. The van der Waals surface area contributed by atoms with Gasteiger partial charge >= 0.3 is 0 Å². The van der Waals surface area contributed by atoms with Crippen molar-refractivity contribution in [1.29, 1.82) is 0 Å². The standard InChI is InChI=1S/C33H60N2O4.ClH/c1-3-5-7-9-11-13-15-17-19-21-26-37-30-35-25-23-24-32(28-35)33(36)34-29-39-31-38-27-22-20-18-16-14-12-10-8-6-4-2;/h23-25,28H,3-22,26-27,29-31H2,1-2H3;1H. The van der Waals surface area contributed by atoms with Gasteiger partial charge in [-0.15, -0.1) is 0 Å². The predicted octanol–water partition coefficient (Wildman–Crippen LogP) is 5.47. The maximum atomic E-state index is 12.4. The molecule has 0 saturated heterocycles. The van der Waals surface area contributed by atoms with Crippen LogP contribution in [-0.4, -0.2) is 32.6 Å². The van der Waals surface area contributed by atoms with Gasteiger partial charge in [0.1, 0.15) is 19.1 Å². The number of aromatic nitrogens is 1. The molecule has 1 amide bonds. The Labute approximate surface area is 252 Å². The molecule has 40 heavy (non-hydrogen) atoms. The molecule has 0 unspecified atom stereocenters. The lowest BCUT2D eigenvalue weighted by atomic mass is 10.1. The number of unbranched alkanes of at least 4 members (excludes halogenated alkanes) is 18. The summed E-state index contributed by atoms with van der Waals surface area (Å²) in [6.45, 7) is 6.80. The lowest BCUT2D eigenvalue weighted by molar-refractivity contribution is -0.732. The summed E-state index contributed by atoms with van der Waals surface area (Å²) in [4.78, 5) is 12.4. The van der Waals surface area contributed by atoms with Crippen molar-refractivity contribution >= 4 is 5.91 Å². The molecule has 234 valence electrons. The van der Waals surface area contributed by atoms with E-state index in [1.807, 2.05) is 23.0 Å². The number of carbonyl (C=O) groups excluding carboxylic acids is 1. The van der Waals surface area contributed by atoms with Crippen molar-refractivity contribution in [1.82, 2.24) is 5.32 Å². The Morgan fingerprint density at radius 3 is 1.68 bits per heavy atom. The SMILES string of the molecule is CCCCCCCCCCCCOCOCNC(=O)c1ccc[n+](COCCCCCCCCCCCC)c1.[Cl-]. The van der Waals surface area contributed by atoms with Crippen molar-refractivity contribution in [3.8, 4) is 0 Å². The van der Waals surface area contributed by atoms with E-state index in [4.69, 9.17) is 14.2 Å².